The molecule has 0 spiro atoms. The Kier molecular flexibility index (Phi) is 2.69. The van der Waals surface area contributed by atoms with Crippen molar-refractivity contribution in [2.24, 2.45) is 5.92 Å². The van der Waals surface area contributed by atoms with Gasteiger partial charge >= 0.3 is 0 Å². The topological polar surface area (TPSA) is 33.1 Å². The van der Waals surface area contributed by atoms with Gasteiger partial charge in [-0.2, -0.15) is 0 Å². The van der Waals surface area contributed by atoms with E-state index in [9.17, 15) is 5.11 Å². The first-order valence-electron chi connectivity index (χ1n) is 4.60. The Morgan fingerprint density at radius 1 is 1.50 bits per heavy atom. The number of hydrogen-bond donors (Lipinski definition) is 1. The molecule has 0 radical (unpaired) electrons. The molecule has 0 aliphatic heterocycles. The van der Waals surface area contributed by atoms with Crippen molar-refractivity contribution in [1.82, 2.24) is 4.98 Å². The highest BCUT2D eigenvalue weighted by Gasteiger charge is 2.33. The standard InChI is InChI=1S/C10H11Cl2NO/c1-5-4-13-10(12)7(8(5)11)9(14)6-2-3-6/h4,6,9,14H,2-3H2,1H3. The maximum absolute atomic E-state index is 9.94. The zero-order valence-corrected chi connectivity index (χ0v) is 9.31. The van der Waals surface area contributed by atoms with E-state index < -0.39 is 6.10 Å². The quantitative estimate of drug-likeness (QED) is 0.794. The van der Waals surface area contributed by atoms with Gasteiger partial charge in [-0.1, -0.05) is 23.2 Å². The van der Waals surface area contributed by atoms with E-state index in [0.29, 0.717) is 21.7 Å². The van der Waals surface area contributed by atoms with Crippen molar-refractivity contribution in [3.63, 3.8) is 0 Å². The number of hydrogen-bond acceptors (Lipinski definition) is 2. The number of aryl methyl sites for hydroxylation is 1. The largest absolute Gasteiger partial charge is 0.388 e. The molecule has 1 heterocycles. The molecule has 0 aromatic carbocycles. The molecule has 1 aliphatic carbocycles. The van der Waals surface area contributed by atoms with Crippen molar-refractivity contribution < 1.29 is 5.11 Å². The van der Waals surface area contributed by atoms with Crippen molar-refractivity contribution in [3.05, 3.63) is 27.5 Å². The molecule has 1 aliphatic rings. The maximum atomic E-state index is 9.94. The Morgan fingerprint density at radius 2 is 2.14 bits per heavy atom. The van der Waals surface area contributed by atoms with Crippen molar-refractivity contribution >= 4 is 23.2 Å². The number of halogens is 2. The van der Waals surface area contributed by atoms with Gasteiger partial charge in [0.1, 0.15) is 5.15 Å². The third-order valence-corrected chi connectivity index (χ3v) is 3.34. The van der Waals surface area contributed by atoms with Crippen LogP contribution in [0.5, 0.6) is 0 Å². The summed E-state index contributed by atoms with van der Waals surface area (Å²) in [5, 5.41) is 10.8. The van der Waals surface area contributed by atoms with E-state index in [1.165, 1.54) is 0 Å². The molecule has 2 rings (SSSR count). The Labute approximate surface area is 92.9 Å². The van der Waals surface area contributed by atoms with Crippen LogP contribution in [-0.4, -0.2) is 10.1 Å². The Balaban J connectivity index is 2.43. The number of aromatic nitrogens is 1. The zero-order valence-electron chi connectivity index (χ0n) is 7.80. The molecule has 1 N–H and O–H groups in total. The molecule has 2 nitrogen and oxygen atoms in total. The molecule has 0 bridgehead atoms. The Hall–Kier alpha value is -0.310. The Morgan fingerprint density at radius 3 is 2.71 bits per heavy atom. The average molecular weight is 232 g/mol. The molecular weight excluding hydrogens is 221 g/mol. The van der Waals surface area contributed by atoms with Gasteiger partial charge in [-0.15, -0.1) is 0 Å². The van der Waals surface area contributed by atoms with Gasteiger partial charge < -0.3 is 5.11 Å². The van der Waals surface area contributed by atoms with Crippen LogP contribution in [0.3, 0.4) is 0 Å². The van der Waals surface area contributed by atoms with Crippen LogP contribution in [0.1, 0.15) is 30.1 Å². The third kappa shape index (κ3) is 1.74. The lowest BCUT2D eigenvalue weighted by Gasteiger charge is -2.14. The SMILES string of the molecule is Cc1cnc(Cl)c(C(O)C2CC2)c1Cl. The second-order valence-electron chi connectivity index (χ2n) is 3.74. The van der Waals surface area contributed by atoms with Crippen molar-refractivity contribution in [2.75, 3.05) is 0 Å². The van der Waals surface area contributed by atoms with E-state index in [2.05, 4.69) is 4.98 Å². The number of nitrogens with zero attached hydrogens (tertiary/aromatic N) is 1. The van der Waals surface area contributed by atoms with E-state index >= 15 is 0 Å². The van der Waals surface area contributed by atoms with Gasteiger partial charge in [-0.05, 0) is 31.2 Å². The summed E-state index contributed by atoms with van der Waals surface area (Å²) in [6.45, 7) is 1.86. The predicted molar refractivity (Wildman–Crippen MR) is 56.7 cm³/mol. The first-order chi connectivity index (χ1) is 6.61. The van der Waals surface area contributed by atoms with E-state index in [1.807, 2.05) is 6.92 Å². The molecule has 14 heavy (non-hydrogen) atoms. The number of pyridine rings is 1. The molecule has 4 heteroatoms. The van der Waals surface area contributed by atoms with Gasteiger partial charge in [-0.3, -0.25) is 0 Å². The van der Waals surface area contributed by atoms with Crippen LogP contribution < -0.4 is 0 Å². The fourth-order valence-corrected chi connectivity index (χ4v) is 2.04. The minimum absolute atomic E-state index is 0.314. The van der Waals surface area contributed by atoms with Crippen LogP contribution in [0.15, 0.2) is 6.20 Å². The van der Waals surface area contributed by atoms with Gasteiger partial charge in [-0.25, -0.2) is 4.98 Å². The lowest BCUT2D eigenvalue weighted by Crippen LogP contribution is -2.03. The molecule has 1 aromatic rings. The van der Waals surface area contributed by atoms with Crippen LogP contribution in [0.2, 0.25) is 10.2 Å². The number of aliphatic hydroxyl groups excluding tert-OH is 1. The van der Waals surface area contributed by atoms with Gasteiger partial charge in [0, 0.05) is 11.8 Å². The van der Waals surface area contributed by atoms with E-state index in [0.717, 1.165) is 18.4 Å². The summed E-state index contributed by atoms with van der Waals surface area (Å²) in [7, 11) is 0. The van der Waals surface area contributed by atoms with E-state index in [-0.39, 0.29) is 0 Å². The van der Waals surface area contributed by atoms with Crippen LogP contribution in [-0.2, 0) is 0 Å². The molecule has 0 amide bonds. The van der Waals surface area contributed by atoms with Gasteiger partial charge in [0.2, 0.25) is 0 Å². The fourth-order valence-electron chi connectivity index (χ4n) is 1.48. The van der Waals surface area contributed by atoms with Crippen molar-refractivity contribution in [3.8, 4) is 0 Å². The zero-order chi connectivity index (χ0) is 10.3. The summed E-state index contributed by atoms with van der Waals surface area (Å²) in [4.78, 5) is 3.99. The van der Waals surface area contributed by atoms with Crippen LogP contribution in [0.4, 0.5) is 0 Å². The molecule has 1 saturated carbocycles. The highest BCUT2D eigenvalue weighted by Crippen LogP contribution is 2.45. The molecule has 0 saturated heterocycles. The second kappa shape index (κ2) is 3.69. The fraction of sp³-hybridized carbons (Fsp3) is 0.500. The summed E-state index contributed by atoms with van der Waals surface area (Å²) in [6.07, 6.45) is 3.15. The van der Waals surface area contributed by atoms with Gasteiger partial charge in [0.05, 0.1) is 11.1 Å². The summed E-state index contributed by atoms with van der Waals surface area (Å²) in [5.41, 5.74) is 1.45. The van der Waals surface area contributed by atoms with Crippen molar-refractivity contribution in [1.29, 1.82) is 0 Å². The molecule has 1 atom stereocenters. The van der Waals surface area contributed by atoms with Crippen LogP contribution >= 0.6 is 23.2 Å². The van der Waals surface area contributed by atoms with Crippen LogP contribution in [0.25, 0.3) is 0 Å². The highest BCUT2D eigenvalue weighted by molar-refractivity contribution is 6.35. The average Bonchev–Trinajstić information content (AvgIpc) is 2.95. The Bertz CT molecular complexity index is 363. The van der Waals surface area contributed by atoms with Gasteiger partial charge in [0.15, 0.2) is 0 Å². The number of rotatable bonds is 2. The van der Waals surface area contributed by atoms with E-state index in [1.54, 1.807) is 6.20 Å². The molecule has 1 aromatic heterocycles. The summed E-state index contributed by atoms with van der Waals surface area (Å²) < 4.78 is 0. The minimum atomic E-state index is -0.553. The second-order valence-corrected chi connectivity index (χ2v) is 4.48. The molecular formula is C10H11Cl2NO. The lowest BCUT2D eigenvalue weighted by atomic mass is 10.1. The molecule has 1 unspecified atom stereocenters. The predicted octanol–water partition coefficient (Wildman–Crippen LogP) is 3.14. The summed E-state index contributed by atoms with van der Waals surface area (Å²) >= 11 is 12.0. The highest BCUT2D eigenvalue weighted by atomic mass is 35.5. The first kappa shape index (κ1) is 10.2. The first-order valence-corrected chi connectivity index (χ1v) is 5.35. The van der Waals surface area contributed by atoms with Crippen LogP contribution in [0, 0.1) is 12.8 Å². The number of aliphatic hydroxyl groups is 1. The monoisotopic (exact) mass is 231 g/mol. The van der Waals surface area contributed by atoms with E-state index in [4.69, 9.17) is 23.2 Å². The maximum Gasteiger partial charge on any atom is 0.136 e. The normalized spacial score (nSPS) is 18.3. The summed E-state index contributed by atoms with van der Waals surface area (Å²) in [6, 6.07) is 0. The molecule has 1 fully saturated rings. The van der Waals surface area contributed by atoms with Gasteiger partial charge in [0.25, 0.3) is 0 Å². The van der Waals surface area contributed by atoms with Crippen molar-refractivity contribution in [2.45, 2.75) is 25.9 Å². The lowest BCUT2D eigenvalue weighted by molar-refractivity contribution is 0.153. The third-order valence-electron chi connectivity index (χ3n) is 2.54. The molecule has 76 valence electrons. The summed E-state index contributed by atoms with van der Waals surface area (Å²) in [5.74, 6) is 0.314. The smallest absolute Gasteiger partial charge is 0.136 e. The minimum Gasteiger partial charge on any atom is -0.388 e.